The monoisotopic (exact) mass is 151 g/mol. The van der Waals surface area contributed by atoms with Crippen molar-refractivity contribution in [2.75, 3.05) is 13.1 Å². The standard InChI is InChI=1S/C10H17N/c1-7-5-11-6-10(11)9-3-2-8(7)4-9/h7-10H,2-6H2,1H3/t7-,8-,9?,10?,11?/m0/s1. The van der Waals surface area contributed by atoms with E-state index in [2.05, 4.69) is 11.8 Å². The lowest BCUT2D eigenvalue weighted by Crippen LogP contribution is -2.17. The van der Waals surface area contributed by atoms with Gasteiger partial charge in [0.2, 0.25) is 0 Å². The molecule has 0 aromatic heterocycles. The third-order valence-corrected chi connectivity index (χ3v) is 4.14. The van der Waals surface area contributed by atoms with Crippen molar-refractivity contribution >= 4 is 0 Å². The van der Waals surface area contributed by atoms with Gasteiger partial charge in [-0.25, -0.2) is 0 Å². The number of fused-ring (bicyclic) bond motifs is 4. The predicted molar refractivity (Wildman–Crippen MR) is 45.4 cm³/mol. The fourth-order valence-corrected chi connectivity index (χ4v) is 3.29. The number of nitrogens with zero attached hydrogens (tertiary/aromatic N) is 1. The van der Waals surface area contributed by atoms with Crippen LogP contribution in [0, 0.1) is 17.8 Å². The SMILES string of the molecule is C[C@H]1CN2CC2C2CC[C@H]1C2. The molecular weight excluding hydrogens is 134 g/mol. The van der Waals surface area contributed by atoms with Gasteiger partial charge in [-0.15, -0.1) is 0 Å². The Labute approximate surface area is 68.8 Å². The Balaban J connectivity index is 1.85. The largest absolute Gasteiger partial charge is 0.297 e. The van der Waals surface area contributed by atoms with E-state index in [0.717, 1.165) is 23.8 Å². The van der Waals surface area contributed by atoms with Crippen LogP contribution in [0.2, 0.25) is 0 Å². The highest BCUT2D eigenvalue weighted by molar-refractivity contribution is 5.02. The van der Waals surface area contributed by atoms with Gasteiger partial charge in [-0.05, 0) is 37.0 Å². The average Bonchev–Trinajstić information content (AvgIpc) is 2.60. The number of hydrogen-bond acceptors (Lipinski definition) is 1. The van der Waals surface area contributed by atoms with Crippen molar-refractivity contribution in [1.82, 2.24) is 4.90 Å². The highest BCUT2D eigenvalue weighted by Crippen LogP contribution is 2.46. The summed E-state index contributed by atoms with van der Waals surface area (Å²) in [6, 6.07) is 1.03. The predicted octanol–water partition coefficient (Wildman–Crippen LogP) is 1.74. The van der Waals surface area contributed by atoms with E-state index in [-0.39, 0.29) is 0 Å². The second-order valence-corrected chi connectivity index (χ2v) is 4.83. The van der Waals surface area contributed by atoms with E-state index in [9.17, 15) is 0 Å². The lowest BCUT2D eigenvalue weighted by molar-refractivity contribution is 0.317. The minimum atomic E-state index is 0.993. The molecule has 0 spiro atoms. The van der Waals surface area contributed by atoms with Gasteiger partial charge < -0.3 is 0 Å². The molecule has 11 heavy (non-hydrogen) atoms. The van der Waals surface area contributed by atoms with Crippen molar-refractivity contribution in [1.29, 1.82) is 0 Å². The second kappa shape index (κ2) is 2.01. The van der Waals surface area contributed by atoms with E-state index in [1.54, 1.807) is 6.42 Å². The maximum absolute atomic E-state index is 2.69. The molecule has 1 saturated carbocycles. The molecule has 1 nitrogen and oxygen atoms in total. The summed E-state index contributed by atoms with van der Waals surface area (Å²) in [6.45, 7) is 5.29. The molecule has 3 aliphatic rings. The van der Waals surface area contributed by atoms with Crippen LogP contribution in [0.4, 0.5) is 0 Å². The molecule has 3 fully saturated rings. The quantitative estimate of drug-likeness (QED) is 0.476. The van der Waals surface area contributed by atoms with Crippen LogP contribution in [-0.4, -0.2) is 24.0 Å². The molecule has 2 bridgehead atoms. The van der Waals surface area contributed by atoms with Gasteiger partial charge in [-0.2, -0.15) is 0 Å². The summed E-state index contributed by atoms with van der Waals surface area (Å²) >= 11 is 0. The van der Waals surface area contributed by atoms with E-state index in [4.69, 9.17) is 0 Å². The first kappa shape index (κ1) is 6.47. The first-order valence-corrected chi connectivity index (χ1v) is 5.08. The minimum Gasteiger partial charge on any atom is -0.297 e. The van der Waals surface area contributed by atoms with Crippen molar-refractivity contribution in [3.63, 3.8) is 0 Å². The zero-order valence-corrected chi connectivity index (χ0v) is 7.29. The van der Waals surface area contributed by atoms with Crippen LogP contribution in [0.5, 0.6) is 0 Å². The Morgan fingerprint density at radius 1 is 1.09 bits per heavy atom. The second-order valence-electron chi connectivity index (χ2n) is 4.83. The molecule has 2 heterocycles. The van der Waals surface area contributed by atoms with E-state index in [0.29, 0.717) is 0 Å². The molecule has 0 aromatic carbocycles. The van der Waals surface area contributed by atoms with Crippen LogP contribution in [-0.2, 0) is 0 Å². The average molecular weight is 151 g/mol. The Morgan fingerprint density at radius 2 is 1.91 bits per heavy atom. The van der Waals surface area contributed by atoms with Crippen molar-refractivity contribution in [2.45, 2.75) is 32.2 Å². The summed E-state index contributed by atoms with van der Waals surface area (Å²) < 4.78 is 0. The smallest absolute Gasteiger partial charge is 0.0252 e. The summed E-state index contributed by atoms with van der Waals surface area (Å²) in [6.07, 6.45) is 4.63. The fraction of sp³-hybridized carbons (Fsp3) is 1.00. The van der Waals surface area contributed by atoms with Gasteiger partial charge in [-0.3, -0.25) is 4.90 Å². The lowest BCUT2D eigenvalue weighted by Gasteiger charge is -2.17. The highest BCUT2D eigenvalue weighted by atomic mass is 15.3. The fourth-order valence-electron chi connectivity index (χ4n) is 3.29. The van der Waals surface area contributed by atoms with E-state index in [1.807, 2.05) is 0 Å². The molecule has 0 aromatic rings. The van der Waals surface area contributed by atoms with E-state index < -0.39 is 0 Å². The molecule has 2 aliphatic heterocycles. The van der Waals surface area contributed by atoms with Crippen LogP contribution in [0.1, 0.15) is 26.2 Å². The molecule has 2 saturated heterocycles. The molecule has 62 valence electrons. The van der Waals surface area contributed by atoms with E-state index >= 15 is 0 Å². The summed E-state index contributed by atoms with van der Waals surface area (Å²) in [7, 11) is 0. The maximum Gasteiger partial charge on any atom is 0.0252 e. The molecule has 0 radical (unpaired) electrons. The molecule has 0 N–H and O–H groups in total. The Hall–Kier alpha value is -0.0400. The third kappa shape index (κ3) is 0.868. The molecule has 3 unspecified atom stereocenters. The van der Waals surface area contributed by atoms with Gasteiger partial charge >= 0.3 is 0 Å². The first-order chi connectivity index (χ1) is 5.34. The van der Waals surface area contributed by atoms with Gasteiger partial charge in [0.15, 0.2) is 0 Å². The van der Waals surface area contributed by atoms with Crippen molar-refractivity contribution in [2.24, 2.45) is 17.8 Å². The van der Waals surface area contributed by atoms with Gasteiger partial charge in [0.25, 0.3) is 0 Å². The molecule has 5 atom stereocenters. The topological polar surface area (TPSA) is 3.01 Å². The Kier molecular flexibility index (Phi) is 1.18. The van der Waals surface area contributed by atoms with Crippen molar-refractivity contribution in [3.05, 3.63) is 0 Å². The van der Waals surface area contributed by atoms with Crippen LogP contribution < -0.4 is 0 Å². The van der Waals surface area contributed by atoms with Crippen LogP contribution in [0.15, 0.2) is 0 Å². The van der Waals surface area contributed by atoms with Gasteiger partial charge in [0.1, 0.15) is 0 Å². The van der Waals surface area contributed by atoms with Crippen molar-refractivity contribution < 1.29 is 0 Å². The van der Waals surface area contributed by atoms with Gasteiger partial charge in [0, 0.05) is 19.1 Å². The minimum absolute atomic E-state index is 0.993. The lowest BCUT2D eigenvalue weighted by atomic mass is 9.92. The Morgan fingerprint density at radius 3 is 2.82 bits per heavy atom. The molecule has 1 aliphatic carbocycles. The molecular formula is C10H17N. The highest BCUT2D eigenvalue weighted by Gasteiger charge is 2.48. The van der Waals surface area contributed by atoms with Gasteiger partial charge in [0.05, 0.1) is 0 Å². The van der Waals surface area contributed by atoms with Gasteiger partial charge in [-0.1, -0.05) is 6.92 Å². The zero-order valence-electron chi connectivity index (χ0n) is 7.29. The van der Waals surface area contributed by atoms with Crippen LogP contribution in [0.3, 0.4) is 0 Å². The van der Waals surface area contributed by atoms with Crippen molar-refractivity contribution in [3.8, 4) is 0 Å². The summed E-state index contributed by atoms with van der Waals surface area (Å²) in [5, 5.41) is 0. The third-order valence-electron chi connectivity index (χ3n) is 4.14. The van der Waals surface area contributed by atoms with E-state index in [1.165, 1.54) is 25.9 Å². The zero-order chi connectivity index (χ0) is 7.42. The first-order valence-electron chi connectivity index (χ1n) is 5.08. The number of hydrogen-bond donors (Lipinski definition) is 0. The Bertz CT molecular complexity index is 174. The van der Waals surface area contributed by atoms with Crippen LogP contribution >= 0.6 is 0 Å². The summed E-state index contributed by atoms with van der Waals surface area (Å²) in [5.41, 5.74) is 0. The normalized spacial score (nSPS) is 60.3. The summed E-state index contributed by atoms with van der Waals surface area (Å²) in [4.78, 5) is 2.69. The van der Waals surface area contributed by atoms with Crippen LogP contribution in [0.25, 0.3) is 0 Å². The summed E-state index contributed by atoms with van der Waals surface area (Å²) in [5.74, 6) is 3.19. The molecule has 0 amide bonds. The maximum atomic E-state index is 2.69. The molecule has 3 rings (SSSR count). The number of rotatable bonds is 0. The molecule has 1 heteroatoms.